The molecular formula is C19H37N7O. The predicted octanol–water partition coefficient (Wildman–Crippen LogP) is 1.10. The standard InChI is InChI=1S/C19H37N7O/c1-5-18-23-22-16-26(18)9-8-21-19(20-7-6-14-27-4)25-12-10-24(11-13-25)15-17(2)3/h16-17H,5-15H2,1-4H3,(H,20,21). The Morgan fingerprint density at radius 2 is 2.07 bits per heavy atom. The molecule has 8 nitrogen and oxygen atoms in total. The van der Waals surface area contributed by atoms with Crippen molar-refractivity contribution in [2.45, 2.75) is 40.2 Å². The maximum absolute atomic E-state index is 5.15. The van der Waals surface area contributed by atoms with Crippen molar-refractivity contribution in [3.63, 3.8) is 0 Å². The van der Waals surface area contributed by atoms with Crippen LogP contribution in [-0.2, 0) is 17.7 Å². The van der Waals surface area contributed by atoms with Crippen molar-refractivity contribution in [1.29, 1.82) is 0 Å². The topological polar surface area (TPSA) is 70.8 Å². The minimum Gasteiger partial charge on any atom is -0.385 e. The molecule has 0 aliphatic carbocycles. The number of methoxy groups -OCH3 is 1. The lowest BCUT2D eigenvalue weighted by Gasteiger charge is -2.37. The van der Waals surface area contributed by atoms with Crippen LogP contribution in [0.15, 0.2) is 11.3 Å². The predicted molar refractivity (Wildman–Crippen MR) is 109 cm³/mol. The number of nitrogens with one attached hydrogen (secondary N) is 1. The van der Waals surface area contributed by atoms with Crippen molar-refractivity contribution >= 4 is 5.96 Å². The van der Waals surface area contributed by atoms with Gasteiger partial charge < -0.3 is 19.5 Å². The summed E-state index contributed by atoms with van der Waals surface area (Å²) in [6.45, 7) is 15.3. The van der Waals surface area contributed by atoms with Gasteiger partial charge in [-0.3, -0.25) is 9.89 Å². The van der Waals surface area contributed by atoms with Crippen molar-refractivity contribution in [2.24, 2.45) is 10.9 Å². The van der Waals surface area contributed by atoms with Crippen molar-refractivity contribution in [1.82, 2.24) is 29.9 Å². The van der Waals surface area contributed by atoms with Crippen molar-refractivity contribution in [3.05, 3.63) is 12.2 Å². The average molecular weight is 380 g/mol. The normalized spacial score (nSPS) is 16.3. The van der Waals surface area contributed by atoms with Crippen LogP contribution in [0.1, 0.15) is 33.0 Å². The monoisotopic (exact) mass is 379 g/mol. The van der Waals surface area contributed by atoms with Gasteiger partial charge in [0.25, 0.3) is 0 Å². The van der Waals surface area contributed by atoms with Crippen molar-refractivity contribution in [2.75, 3.05) is 59.5 Å². The molecule has 0 aromatic carbocycles. The fourth-order valence-corrected chi connectivity index (χ4v) is 3.35. The Labute approximate surface area is 164 Å². The van der Waals surface area contributed by atoms with Crippen LogP contribution in [0.4, 0.5) is 0 Å². The molecule has 1 aliphatic heterocycles. The van der Waals surface area contributed by atoms with E-state index in [1.165, 1.54) is 6.54 Å². The number of aliphatic imine (C=N–C) groups is 1. The lowest BCUT2D eigenvalue weighted by atomic mass is 10.2. The molecule has 1 aromatic heterocycles. The van der Waals surface area contributed by atoms with E-state index in [0.29, 0.717) is 5.92 Å². The van der Waals surface area contributed by atoms with Gasteiger partial charge in [-0.1, -0.05) is 20.8 Å². The molecule has 1 fully saturated rings. The maximum atomic E-state index is 5.15. The Morgan fingerprint density at radius 1 is 1.30 bits per heavy atom. The molecule has 154 valence electrons. The molecule has 0 saturated carbocycles. The van der Waals surface area contributed by atoms with Crippen LogP contribution in [0.2, 0.25) is 0 Å². The number of piperazine rings is 1. The van der Waals surface area contributed by atoms with Gasteiger partial charge in [0.05, 0.1) is 0 Å². The molecule has 0 unspecified atom stereocenters. The number of nitrogens with zero attached hydrogens (tertiary/aromatic N) is 6. The second-order valence-electron chi connectivity index (χ2n) is 7.45. The third-order valence-corrected chi connectivity index (χ3v) is 4.71. The quantitative estimate of drug-likeness (QED) is 0.373. The van der Waals surface area contributed by atoms with Gasteiger partial charge >= 0.3 is 0 Å². The fraction of sp³-hybridized carbons (Fsp3) is 0.842. The molecule has 1 N–H and O–H groups in total. The summed E-state index contributed by atoms with van der Waals surface area (Å²) < 4.78 is 7.26. The second-order valence-corrected chi connectivity index (χ2v) is 7.45. The summed E-state index contributed by atoms with van der Waals surface area (Å²) in [4.78, 5) is 9.76. The SMILES string of the molecule is CCc1nncn1CCNC(=NCCCOC)N1CCN(CC(C)C)CC1. The summed E-state index contributed by atoms with van der Waals surface area (Å²) in [7, 11) is 1.74. The van der Waals surface area contributed by atoms with E-state index in [9.17, 15) is 0 Å². The number of guanidine groups is 1. The minimum absolute atomic E-state index is 0.716. The lowest BCUT2D eigenvalue weighted by molar-refractivity contribution is 0.163. The number of rotatable bonds is 10. The van der Waals surface area contributed by atoms with E-state index in [0.717, 1.165) is 77.0 Å². The van der Waals surface area contributed by atoms with Crippen molar-refractivity contribution < 1.29 is 4.74 Å². The molecule has 0 bridgehead atoms. The Kier molecular flexibility index (Phi) is 9.55. The Morgan fingerprint density at radius 3 is 2.74 bits per heavy atom. The highest BCUT2D eigenvalue weighted by Crippen LogP contribution is 2.06. The molecule has 0 atom stereocenters. The third-order valence-electron chi connectivity index (χ3n) is 4.71. The zero-order chi connectivity index (χ0) is 19.5. The summed E-state index contributed by atoms with van der Waals surface area (Å²) in [5.41, 5.74) is 0. The van der Waals surface area contributed by atoms with Crippen molar-refractivity contribution in [3.8, 4) is 0 Å². The molecule has 8 heteroatoms. The highest BCUT2D eigenvalue weighted by molar-refractivity contribution is 5.80. The van der Waals surface area contributed by atoms with Gasteiger partial charge in [0, 0.05) is 72.5 Å². The van der Waals surface area contributed by atoms with Gasteiger partial charge in [-0.25, -0.2) is 0 Å². The lowest BCUT2D eigenvalue weighted by Crippen LogP contribution is -2.53. The fourth-order valence-electron chi connectivity index (χ4n) is 3.35. The highest BCUT2D eigenvalue weighted by atomic mass is 16.5. The first-order valence-electron chi connectivity index (χ1n) is 10.2. The molecular weight excluding hydrogens is 342 g/mol. The van der Waals surface area contributed by atoms with Crippen LogP contribution in [0.5, 0.6) is 0 Å². The van der Waals surface area contributed by atoms with E-state index in [2.05, 4.69) is 50.7 Å². The molecule has 0 spiro atoms. The molecule has 1 aromatic rings. The Balaban J connectivity index is 1.87. The molecule has 2 rings (SSSR count). The summed E-state index contributed by atoms with van der Waals surface area (Å²) in [5.74, 6) is 2.76. The van der Waals surface area contributed by atoms with Crippen LogP contribution < -0.4 is 5.32 Å². The number of ether oxygens (including phenoxy) is 1. The van der Waals surface area contributed by atoms with E-state index in [1.807, 2.05) is 0 Å². The van der Waals surface area contributed by atoms with Crippen LogP contribution in [0.3, 0.4) is 0 Å². The maximum Gasteiger partial charge on any atom is 0.194 e. The largest absolute Gasteiger partial charge is 0.385 e. The van der Waals surface area contributed by atoms with Gasteiger partial charge in [0.2, 0.25) is 0 Å². The molecule has 27 heavy (non-hydrogen) atoms. The first-order chi connectivity index (χ1) is 13.1. The molecule has 0 amide bonds. The summed E-state index contributed by atoms with van der Waals surface area (Å²) in [5, 5.41) is 11.7. The minimum atomic E-state index is 0.716. The van der Waals surface area contributed by atoms with E-state index in [1.54, 1.807) is 13.4 Å². The average Bonchev–Trinajstić information content (AvgIpc) is 3.11. The van der Waals surface area contributed by atoms with Gasteiger partial charge in [-0.2, -0.15) is 0 Å². The number of aryl methyl sites for hydroxylation is 1. The van der Waals surface area contributed by atoms with Gasteiger partial charge in [0.15, 0.2) is 5.96 Å². The number of hydrogen-bond donors (Lipinski definition) is 1. The Hall–Kier alpha value is -1.67. The number of hydrogen-bond acceptors (Lipinski definition) is 5. The smallest absolute Gasteiger partial charge is 0.194 e. The molecule has 2 heterocycles. The molecule has 1 aliphatic rings. The van der Waals surface area contributed by atoms with Crippen LogP contribution in [0, 0.1) is 5.92 Å². The van der Waals surface area contributed by atoms with Gasteiger partial charge in [-0.05, 0) is 12.3 Å². The Bertz CT molecular complexity index is 550. The number of aromatic nitrogens is 3. The van der Waals surface area contributed by atoms with Crippen LogP contribution in [0.25, 0.3) is 0 Å². The molecule has 0 radical (unpaired) electrons. The summed E-state index contributed by atoms with van der Waals surface area (Å²) >= 11 is 0. The van der Waals surface area contributed by atoms with E-state index in [-0.39, 0.29) is 0 Å². The van der Waals surface area contributed by atoms with E-state index in [4.69, 9.17) is 9.73 Å². The third kappa shape index (κ3) is 7.46. The zero-order valence-electron chi connectivity index (χ0n) is 17.5. The van der Waals surface area contributed by atoms with Gasteiger partial charge in [0.1, 0.15) is 12.2 Å². The second kappa shape index (κ2) is 11.9. The zero-order valence-corrected chi connectivity index (χ0v) is 17.5. The van der Waals surface area contributed by atoms with Crippen LogP contribution in [-0.4, -0.2) is 90.1 Å². The summed E-state index contributed by atoms with van der Waals surface area (Å²) in [6.07, 6.45) is 3.65. The van der Waals surface area contributed by atoms with E-state index >= 15 is 0 Å². The highest BCUT2D eigenvalue weighted by Gasteiger charge is 2.20. The molecule has 1 saturated heterocycles. The summed E-state index contributed by atoms with van der Waals surface area (Å²) in [6, 6.07) is 0. The first-order valence-corrected chi connectivity index (χ1v) is 10.2. The first kappa shape index (κ1) is 21.6. The van der Waals surface area contributed by atoms with E-state index < -0.39 is 0 Å². The van der Waals surface area contributed by atoms with Crippen LogP contribution >= 0.6 is 0 Å². The van der Waals surface area contributed by atoms with Gasteiger partial charge in [-0.15, -0.1) is 10.2 Å².